The first kappa shape index (κ1) is 15.7. The fourth-order valence-corrected chi connectivity index (χ4v) is 2.93. The van der Waals surface area contributed by atoms with Crippen molar-refractivity contribution in [1.82, 2.24) is 20.1 Å². The van der Waals surface area contributed by atoms with Gasteiger partial charge in [0.05, 0.1) is 12.2 Å². The molecule has 0 aromatic carbocycles. The molecule has 0 saturated carbocycles. The van der Waals surface area contributed by atoms with Gasteiger partial charge in [0.15, 0.2) is 5.82 Å². The van der Waals surface area contributed by atoms with E-state index >= 15 is 0 Å². The predicted octanol–water partition coefficient (Wildman–Crippen LogP) is 2.18. The standard InChI is InChI=1S/C17H22N4O2/c1-12(20-17(22)14-6-9-23-10-7-14)15-11-19-21(13(15)2)16-5-3-4-8-18-16/h3-5,8,11-12,14H,6-7,9-10H2,1-2H3,(H,20,22)/t12-/m1/s1. The van der Waals surface area contributed by atoms with E-state index in [-0.39, 0.29) is 17.9 Å². The summed E-state index contributed by atoms with van der Waals surface area (Å²) in [5.74, 6) is 0.933. The molecule has 2 aromatic heterocycles. The Labute approximate surface area is 135 Å². The van der Waals surface area contributed by atoms with Crippen LogP contribution in [0.3, 0.4) is 0 Å². The van der Waals surface area contributed by atoms with Crippen LogP contribution in [0.25, 0.3) is 5.82 Å². The van der Waals surface area contributed by atoms with Gasteiger partial charge in [-0.2, -0.15) is 5.10 Å². The average molecular weight is 314 g/mol. The maximum absolute atomic E-state index is 12.4. The Bertz CT molecular complexity index is 662. The van der Waals surface area contributed by atoms with Crippen LogP contribution in [-0.2, 0) is 9.53 Å². The lowest BCUT2D eigenvalue weighted by Crippen LogP contribution is -2.35. The lowest BCUT2D eigenvalue weighted by atomic mass is 9.98. The molecule has 6 nitrogen and oxygen atoms in total. The van der Waals surface area contributed by atoms with E-state index in [1.807, 2.05) is 32.0 Å². The SMILES string of the molecule is Cc1c([C@@H](C)NC(=O)C2CCOCC2)cnn1-c1ccccn1. The molecule has 3 rings (SSSR count). The molecular formula is C17H22N4O2. The molecule has 1 aliphatic heterocycles. The minimum atomic E-state index is -0.0807. The van der Waals surface area contributed by atoms with Gasteiger partial charge in [-0.1, -0.05) is 6.07 Å². The summed E-state index contributed by atoms with van der Waals surface area (Å²) >= 11 is 0. The molecule has 1 fully saturated rings. The monoisotopic (exact) mass is 314 g/mol. The van der Waals surface area contributed by atoms with Crippen LogP contribution in [-0.4, -0.2) is 33.9 Å². The molecule has 2 aromatic rings. The largest absolute Gasteiger partial charge is 0.381 e. The molecule has 23 heavy (non-hydrogen) atoms. The van der Waals surface area contributed by atoms with Crippen LogP contribution < -0.4 is 5.32 Å². The molecule has 122 valence electrons. The van der Waals surface area contributed by atoms with E-state index in [0.29, 0.717) is 13.2 Å². The van der Waals surface area contributed by atoms with Gasteiger partial charge < -0.3 is 10.1 Å². The maximum atomic E-state index is 12.4. The number of nitrogens with one attached hydrogen (secondary N) is 1. The first-order chi connectivity index (χ1) is 11.2. The van der Waals surface area contributed by atoms with Crippen molar-refractivity contribution in [2.24, 2.45) is 5.92 Å². The van der Waals surface area contributed by atoms with Crippen molar-refractivity contribution in [2.75, 3.05) is 13.2 Å². The van der Waals surface area contributed by atoms with Gasteiger partial charge in [-0.05, 0) is 38.8 Å². The lowest BCUT2D eigenvalue weighted by Gasteiger charge is -2.23. The van der Waals surface area contributed by atoms with Crippen LogP contribution in [0.5, 0.6) is 0 Å². The van der Waals surface area contributed by atoms with E-state index in [4.69, 9.17) is 4.74 Å². The maximum Gasteiger partial charge on any atom is 0.223 e. The molecule has 1 atom stereocenters. The van der Waals surface area contributed by atoms with Gasteiger partial charge in [0, 0.05) is 36.6 Å². The van der Waals surface area contributed by atoms with E-state index in [1.54, 1.807) is 17.1 Å². The van der Waals surface area contributed by atoms with Crippen molar-refractivity contribution < 1.29 is 9.53 Å². The minimum absolute atomic E-state index is 0.0531. The second-order valence-corrected chi connectivity index (χ2v) is 5.90. The van der Waals surface area contributed by atoms with E-state index in [0.717, 1.165) is 29.9 Å². The average Bonchev–Trinajstić information content (AvgIpc) is 2.98. The summed E-state index contributed by atoms with van der Waals surface area (Å²) in [5, 5.41) is 7.51. The Morgan fingerprint density at radius 3 is 2.87 bits per heavy atom. The van der Waals surface area contributed by atoms with Crippen LogP contribution in [0.1, 0.15) is 37.1 Å². The van der Waals surface area contributed by atoms with Crippen LogP contribution in [0.15, 0.2) is 30.6 Å². The summed E-state index contributed by atoms with van der Waals surface area (Å²) in [6, 6.07) is 5.64. The van der Waals surface area contributed by atoms with E-state index < -0.39 is 0 Å². The van der Waals surface area contributed by atoms with Crippen LogP contribution in [0.4, 0.5) is 0 Å². The molecule has 3 heterocycles. The molecule has 0 unspecified atom stereocenters. The highest BCUT2D eigenvalue weighted by Crippen LogP contribution is 2.21. The number of ether oxygens (including phenoxy) is 1. The number of aromatic nitrogens is 3. The Balaban J connectivity index is 1.71. The molecule has 0 aliphatic carbocycles. The Morgan fingerprint density at radius 1 is 1.39 bits per heavy atom. The van der Waals surface area contributed by atoms with Crippen LogP contribution in [0.2, 0.25) is 0 Å². The number of rotatable bonds is 4. The summed E-state index contributed by atoms with van der Waals surface area (Å²) in [5.41, 5.74) is 2.00. The van der Waals surface area contributed by atoms with Crippen molar-refractivity contribution in [1.29, 1.82) is 0 Å². The predicted molar refractivity (Wildman–Crippen MR) is 86.2 cm³/mol. The minimum Gasteiger partial charge on any atom is -0.381 e. The van der Waals surface area contributed by atoms with E-state index in [1.165, 1.54) is 0 Å². The normalized spacial score (nSPS) is 17.0. The fourth-order valence-electron chi connectivity index (χ4n) is 2.93. The summed E-state index contributed by atoms with van der Waals surface area (Å²) < 4.78 is 7.11. The Kier molecular flexibility index (Phi) is 4.71. The van der Waals surface area contributed by atoms with Gasteiger partial charge in [-0.3, -0.25) is 4.79 Å². The van der Waals surface area contributed by atoms with Crippen LogP contribution in [0, 0.1) is 12.8 Å². The first-order valence-corrected chi connectivity index (χ1v) is 8.01. The molecule has 6 heteroatoms. The van der Waals surface area contributed by atoms with Crippen molar-refractivity contribution in [2.45, 2.75) is 32.7 Å². The molecule has 1 N–H and O–H groups in total. The highest BCUT2D eigenvalue weighted by atomic mass is 16.5. The molecule has 0 spiro atoms. The summed E-state index contributed by atoms with van der Waals surface area (Å²) in [4.78, 5) is 16.7. The van der Waals surface area contributed by atoms with Crippen LogP contribution >= 0.6 is 0 Å². The van der Waals surface area contributed by atoms with Gasteiger partial charge in [0.25, 0.3) is 0 Å². The molecule has 1 amide bonds. The second-order valence-electron chi connectivity index (χ2n) is 5.90. The number of hydrogen-bond acceptors (Lipinski definition) is 4. The van der Waals surface area contributed by atoms with Crippen molar-refractivity contribution in [3.8, 4) is 5.82 Å². The third-order valence-corrected chi connectivity index (χ3v) is 4.33. The van der Waals surface area contributed by atoms with E-state index in [2.05, 4.69) is 15.4 Å². The number of amides is 1. The number of carbonyl (C=O) groups excluding carboxylic acids is 1. The van der Waals surface area contributed by atoms with Gasteiger partial charge in [0.2, 0.25) is 5.91 Å². The van der Waals surface area contributed by atoms with Gasteiger partial charge in [0.1, 0.15) is 0 Å². The fraction of sp³-hybridized carbons (Fsp3) is 0.471. The number of carbonyl (C=O) groups is 1. The molecular weight excluding hydrogens is 292 g/mol. The summed E-state index contributed by atoms with van der Waals surface area (Å²) in [6.07, 6.45) is 5.14. The zero-order valence-electron chi connectivity index (χ0n) is 13.5. The third kappa shape index (κ3) is 3.42. The lowest BCUT2D eigenvalue weighted by molar-refractivity contribution is -0.128. The Morgan fingerprint density at radius 2 is 2.17 bits per heavy atom. The van der Waals surface area contributed by atoms with Gasteiger partial charge in [-0.15, -0.1) is 0 Å². The number of nitrogens with zero attached hydrogens (tertiary/aromatic N) is 3. The smallest absolute Gasteiger partial charge is 0.223 e. The molecule has 1 aliphatic rings. The van der Waals surface area contributed by atoms with Gasteiger partial charge in [-0.25, -0.2) is 9.67 Å². The summed E-state index contributed by atoms with van der Waals surface area (Å²) in [7, 11) is 0. The number of hydrogen-bond donors (Lipinski definition) is 1. The first-order valence-electron chi connectivity index (χ1n) is 8.01. The second kappa shape index (κ2) is 6.91. The van der Waals surface area contributed by atoms with Gasteiger partial charge >= 0.3 is 0 Å². The van der Waals surface area contributed by atoms with E-state index in [9.17, 15) is 4.79 Å². The quantitative estimate of drug-likeness (QED) is 0.939. The van der Waals surface area contributed by atoms with Crippen molar-refractivity contribution in [3.63, 3.8) is 0 Å². The highest BCUT2D eigenvalue weighted by Gasteiger charge is 2.24. The Hall–Kier alpha value is -2.21. The highest BCUT2D eigenvalue weighted by molar-refractivity contribution is 5.79. The third-order valence-electron chi connectivity index (χ3n) is 4.33. The molecule has 0 radical (unpaired) electrons. The molecule has 1 saturated heterocycles. The van der Waals surface area contributed by atoms with Crippen molar-refractivity contribution in [3.05, 3.63) is 41.9 Å². The summed E-state index contributed by atoms with van der Waals surface area (Å²) in [6.45, 7) is 5.32. The molecule has 0 bridgehead atoms. The zero-order chi connectivity index (χ0) is 16.2. The zero-order valence-corrected chi connectivity index (χ0v) is 13.5. The topological polar surface area (TPSA) is 69.0 Å². The number of pyridine rings is 1. The van der Waals surface area contributed by atoms with Crippen molar-refractivity contribution >= 4 is 5.91 Å².